The van der Waals surface area contributed by atoms with Crippen LogP contribution in [0.2, 0.25) is 0 Å². The molecular weight excluding hydrogens is 412 g/mol. The van der Waals surface area contributed by atoms with Crippen molar-refractivity contribution < 1.29 is 33.1 Å². The fourth-order valence-corrected chi connectivity index (χ4v) is 3.35. The van der Waals surface area contributed by atoms with Gasteiger partial charge in [-0.05, 0) is 25.1 Å². The van der Waals surface area contributed by atoms with Crippen molar-refractivity contribution in [3.05, 3.63) is 47.8 Å². The molecule has 0 radical (unpaired) electrons. The van der Waals surface area contributed by atoms with Crippen LogP contribution in [-0.4, -0.2) is 65.9 Å². The Bertz CT molecular complexity index is 904. The van der Waals surface area contributed by atoms with Crippen LogP contribution in [0.4, 0.5) is 13.2 Å². The minimum Gasteiger partial charge on any atom is -0.870 e. The second-order valence-corrected chi connectivity index (χ2v) is 6.70. The number of rotatable bonds is 5. The van der Waals surface area contributed by atoms with Crippen molar-refractivity contribution >= 4 is 44.9 Å². The van der Waals surface area contributed by atoms with Gasteiger partial charge in [-0.15, -0.1) is 0 Å². The largest absolute Gasteiger partial charge is 2.00 e. The maximum absolute atomic E-state index is 12.5. The summed E-state index contributed by atoms with van der Waals surface area (Å²) in [6.45, 7) is 0.202. The van der Waals surface area contributed by atoms with E-state index in [4.69, 9.17) is 4.74 Å². The van der Waals surface area contributed by atoms with E-state index in [-0.39, 0.29) is 45.5 Å². The monoisotopic (exact) mass is 427 g/mol. The Morgan fingerprint density at radius 2 is 1.86 bits per heavy atom. The van der Waals surface area contributed by atoms with Crippen molar-refractivity contribution in [2.75, 3.05) is 6.61 Å². The van der Waals surface area contributed by atoms with Crippen LogP contribution in [0.15, 0.2) is 41.7 Å². The number of para-hydroxylation sites is 2. The molecule has 3 rings (SSSR count). The number of aromatic amines is 1. The van der Waals surface area contributed by atoms with Crippen LogP contribution >= 0.6 is 0 Å². The average molecular weight is 428 g/mol. The average Bonchev–Trinajstić information content (AvgIpc) is 2.99. The van der Waals surface area contributed by atoms with Gasteiger partial charge in [-0.1, -0.05) is 12.1 Å². The van der Waals surface area contributed by atoms with Gasteiger partial charge in [0.05, 0.1) is 33.3 Å². The normalized spacial score (nSPS) is 11.7. The molecule has 12 heteroatoms. The topological polar surface area (TPSA) is 128 Å². The number of nitrogens with zero attached hydrogens (tertiary/aromatic N) is 2. The summed E-state index contributed by atoms with van der Waals surface area (Å²) in [5.41, 5.74) is 2.28. The number of nitrogens with one attached hydrogen (secondary N) is 1. The molecule has 0 aliphatic rings. The molecule has 0 spiro atoms. The predicted molar refractivity (Wildman–Crippen MR) is 96.4 cm³/mol. The maximum Gasteiger partial charge on any atom is 2.00 e. The summed E-state index contributed by atoms with van der Waals surface area (Å²) in [6, 6.07) is 8.62. The molecule has 1 unspecified atom stereocenters. The van der Waals surface area contributed by atoms with Gasteiger partial charge in [0.25, 0.3) is 0 Å². The van der Waals surface area contributed by atoms with Crippen LogP contribution < -0.4 is 4.74 Å². The second-order valence-electron chi connectivity index (χ2n) is 5.33. The number of fused-ring (bicyclic) bond motifs is 1. The quantitative estimate of drug-likeness (QED) is 0.623. The third-order valence-electron chi connectivity index (χ3n) is 3.50. The number of aromatic nitrogens is 3. The fraction of sp³-hybridized carbons (Fsp3) is 0.250. The van der Waals surface area contributed by atoms with Gasteiger partial charge >= 0.3 is 29.2 Å². The van der Waals surface area contributed by atoms with Crippen molar-refractivity contribution in [3.63, 3.8) is 0 Å². The molecule has 3 aromatic rings. The van der Waals surface area contributed by atoms with Crippen LogP contribution in [-0.2, 0) is 16.6 Å². The van der Waals surface area contributed by atoms with E-state index in [0.717, 1.165) is 5.52 Å². The first kappa shape index (κ1) is 26.3. The van der Waals surface area contributed by atoms with Gasteiger partial charge in [-0.2, -0.15) is 13.2 Å². The van der Waals surface area contributed by atoms with Gasteiger partial charge in [-0.25, -0.2) is 4.98 Å². The van der Waals surface area contributed by atoms with Crippen molar-refractivity contribution in [3.8, 4) is 5.75 Å². The van der Waals surface area contributed by atoms with E-state index in [1.807, 2.05) is 18.2 Å². The Labute approximate surface area is 176 Å². The summed E-state index contributed by atoms with van der Waals surface area (Å²) in [5.74, 6) is 0.0958. The summed E-state index contributed by atoms with van der Waals surface area (Å²) >= 11 is 0. The zero-order chi connectivity index (χ0) is 18.0. The smallest absolute Gasteiger partial charge is 0.870 e. The third kappa shape index (κ3) is 6.41. The first-order valence-electron chi connectivity index (χ1n) is 7.30. The van der Waals surface area contributed by atoms with Gasteiger partial charge in [0.2, 0.25) is 0 Å². The molecular formula is C16H16F3MgN3O4S. The zero-order valence-corrected chi connectivity index (χ0v) is 17.0. The molecule has 148 valence electrons. The van der Waals surface area contributed by atoms with Crippen LogP contribution in [0, 0.1) is 6.92 Å². The maximum atomic E-state index is 12.5. The number of alkyl halides is 3. The molecule has 7 nitrogen and oxygen atoms in total. The molecule has 1 atom stereocenters. The number of hydrogen-bond acceptors (Lipinski definition) is 6. The standard InChI is InChI=1S/C16H14F3N3O2S.Mg.2H2O/c1-10-13(20-7-6-14(10)24-9-16(17,18)19)8-25(23)15-21-11-4-2-3-5-12(11)22-15;;;/h2-7H,8-9H2,1H3,(H,21,22);;2*1H2/q;+2;;/p-2. The molecule has 28 heavy (non-hydrogen) atoms. The van der Waals surface area contributed by atoms with E-state index < -0.39 is 23.6 Å². The molecule has 0 saturated carbocycles. The van der Waals surface area contributed by atoms with Crippen LogP contribution in [0.1, 0.15) is 11.3 Å². The Hall–Kier alpha value is -1.73. The molecule has 3 N–H and O–H groups in total. The van der Waals surface area contributed by atoms with Crippen molar-refractivity contribution in [2.45, 2.75) is 24.0 Å². The number of pyridine rings is 1. The molecule has 0 fully saturated rings. The zero-order valence-electron chi connectivity index (χ0n) is 14.7. The van der Waals surface area contributed by atoms with Crippen molar-refractivity contribution in [1.29, 1.82) is 0 Å². The van der Waals surface area contributed by atoms with Crippen LogP contribution in [0.5, 0.6) is 5.75 Å². The molecule has 0 bridgehead atoms. The minimum atomic E-state index is -4.42. The van der Waals surface area contributed by atoms with Crippen molar-refractivity contribution in [1.82, 2.24) is 15.0 Å². The number of ether oxygens (including phenoxy) is 1. The SMILES string of the molecule is Cc1c(OCC(F)(F)F)ccnc1CS(=O)c1nc2ccccc2[nH]1.[Mg+2].[OH-].[OH-]. The minimum absolute atomic E-state index is 0. The van der Waals surface area contributed by atoms with Gasteiger partial charge in [-0.3, -0.25) is 9.19 Å². The molecule has 1 aromatic carbocycles. The summed E-state index contributed by atoms with van der Waals surface area (Å²) in [7, 11) is -1.51. The molecule has 0 saturated heterocycles. The summed E-state index contributed by atoms with van der Waals surface area (Å²) < 4.78 is 54.2. The number of H-pyrrole nitrogens is 1. The summed E-state index contributed by atoms with van der Waals surface area (Å²) in [4.78, 5) is 11.3. The number of benzene rings is 1. The molecule has 2 aromatic heterocycles. The Kier molecular flexibility index (Phi) is 10.0. The first-order valence-corrected chi connectivity index (χ1v) is 8.62. The van der Waals surface area contributed by atoms with Gasteiger partial charge in [0.15, 0.2) is 11.8 Å². The Morgan fingerprint density at radius 3 is 2.50 bits per heavy atom. The second kappa shape index (κ2) is 10.7. The van der Waals surface area contributed by atoms with Gasteiger partial charge in [0, 0.05) is 11.8 Å². The van der Waals surface area contributed by atoms with Crippen LogP contribution in [0.25, 0.3) is 11.0 Å². The fourth-order valence-electron chi connectivity index (χ4n) is 2.25. The third-order valence-corrected chi connectivity index (χ3v) is 4.66. The van der Waals surface area contributed by atoms with E-state index in [1.54, 1.807) is 13.0 Å². The van der Waals surface area contributed by atoms with E-state index in [9.17, 15) is 17.4 Å². The van der Waals surface area contributed by atoms with E-state index in [0.29, 0.717) is 21.9 Å². The number of imidazole rings is 1. The molecule has 0 amide bonds. The van der Waals surface area contributed by atoms with E-state index in [2.05, 4.69) is 15.0 Å². The van der Waals surface area contributed by atoms with Crippen LogP contribution in [0.3, 0.4) is 0 Å². The first-order chi connectivity index (χ1) is 11.8. The number of halogens is 3. The van der Waals surface area contributed by atoms with Crippen molar-refractivity contribution in [2.24, 2.45) is 0 Å². The van der Waals surface area contributed by atoms with Gasteiger partial charge in [0.1, 0.15) is 5.75 Å². The molecule has 0 aliphatic carbocycles. The summed E-state index contributed by atoms with van der Waals surface area (Å²) in [6.07, 6.45) is -3.09. The van der Waals surface area contributed by atoms with E-state index in [1.165, 1.54) is 12.3 Å². The number of hydrogen-bond donors (Lipinski definition) is 1. The molecule has 2 heterocycles. The molecule has 0 aliphatic heterocycles. The van der Waals surface area contributed by atoms with E-state index >= 15 is 0 Å². The predicted octanol–water partition coefficient (Wildman–Crippen LogP) is 2.78. The van der Waals surface area contributed by atoms with Gasteiger partial charge < -0.3 is 20.7 Å². The Morgan fingerprint density at radius 1 is 1.18 bits per heavy atom. The Balaban J connectivity index is 0.00000243. The summed E-state index contributed by atoms with van der Waals surface area (Å²) in [5, 5.41) is 0.295.